The van der Waals surface area contributed by atoms with Crippen molar-refractivity contribution in [3.8, 4) is 0 Å². The molecular weight excluding hydrogens is 342 g/mol. The van der Waals surface area contributed by atoms with E-state index in [0.29, 0.717) is 6.42 Å². The van der Waals surface area contributed by atoms with Gasteiger partial charge in [0.15, 0.2) is 0 Å². The van der Waals surface area contributed by atoms with Gasteiger partial charge in [0.2, 0.25) is 5.91 Å². The Hall–Kier alpha value is -0.920. The van der Waals surface area contributed by atoms with Crippen molar-refractivity contribution in [2.45, 2.75) is 37.4 Å². The molecule has 0 spiro atoms. The molecule has 2 aliphatic heterocycles. The van der Waals surface area contributed by atoms with E-state index in [9.17, 15) is 4.79 Å². The summed E-state index contributed by atoms with van der Waals surface area (Å²) >= 11 is 0. The maximum atomic E-state index is 12.0. The van der Waals surface area contributed by atoms with Gasteiger partial charge in [0, 0.05) is 30.5 Å². The van der Waals surface area contributed by atoms with E-state index in [0.717, 1.165) is 55.9 Å². The van der Waals surface area contributed by atoms with Crippen LogP contribution in [0.15, 0.2) is 18.3 Å². The molecule has 2 aliphatic rings. The van der Waals surface area contributed by atoms with Gasteiger partial charge >= 0.3 is 0 Å². The maximum Gasteiger partial charge on any atom is 0.224 e. The largest absolute Gasteiger partial charge is 0.378 e. The van der Waals surface area contributed by atoms with E-state index >= 15 is 0 Å². The van der Waals surface area contributed by atoms with E-state index in [-0.39, 0.29) is 5.91 Å². The number of morpholine rings is 1. The zero-order valence-electron chi connectivity index (χ0n) is 13.9. The van der Waals surface area contributed by atoms with Gasteiger partial charge in [-0.15, -0.1) is 0 Å². The fourth-order valence-corrected chi connectivity index (χ4v) is 5.91. The monoisotopic (exact) mass is 367 g/mol. The normalized spacial score (nSPS) is 21.0. The van der Waals surface area contributed by atoms with Gasteiger partial charge in [0.05, 0.1) is 25.1 Å². The molecule has 0 aromatic carbocycles. The van der Waals surface area contributed by atoms with Crippen LogP contribution >= 0.6 is 21.6 Å². The molecule has 0 aliphatic carbocycles. The Balaban J connectivity index is 1.36. The number of carbonyl (C=O) groups excluding carboxylic acids is 1. The lowest BCUT2D eigenvalue weighted by molar-refractivity contribution is -0.116. The number of hydrogen-bond acceptors (Lipinski definition) is 6. The highest BCUT2D eigenvalue weighted by Gasteiger charge is 2.16. The third-order valence-electron chi connectivity index (χ3n) is 4.27. The van der Waals surface area contributed by atoms with Crippen molar-refractivity contribution in [2.75, 3.05) is 42.3 Å². The van der Waals surface area contributed by atoms with Crippen LogP contribution in [-0.2, 0) is 9.53 Å². The molecule has 132 valence electrons. The van der Waals surface area contributed by atoms with E-state index in [1.54, 1.807) is 6.20 Å². The second-order valence-corrected chi connectivity index (χ2v) is 8.91. The van der Waals surface area contributed by atoms with Gasteiger partial charge in [-0.1, -0.05) is 28.0 Å². The minimum Gasteiger partial charge on any atom is -0.378 e. The highest BCUT2D eigenvalue weighted by molar-refractivity contribution is 8.77. The Bertz CT molecular complexity index is 515. The third-order valence-corrected chi connectivity index (χ3v) is 7.28. The number of hydrogen-bond donors (Lipinski definition) is 1. The zero-order valence-corrected chi connectivity index (χ0v) is 15.5. The highest BCUT2D eigenvalue weighted by Crippen LogP contribution is 2.39. The summed E-state index contributed by atoms with van der Waals surface area (Å²) in [7, 11) is 3.99. The lowest BCUT2D eigenvalue weighted by Gasteiger charge is -2.27. The highest BCUT2D eigenvalue weighted by atomic mass is 33.1. The third kappa shape index (κ3) is 5.57. The minimum absolute atomic E-state index is 0.0874. The van der Waals surface area contributed by atoms with Crippen molar-refractivity contribution >= 4 is 39.0 Å². The summed E-state index contributed by atoms with van der Waals surface area (Å²) < 4.78 is 5.35. The molecule has 2 fully saturated rings. The molecule has 1 aromatic heterocycles. The van der Waals surface area contributed by atoms with Crippen LogP contribution in [-0.4, -0.2) is 48.2 Å². The lowest BCUT2D eigenvalue weighted by Crippen LogP contribution is -2.36. The second kappa shape index (κ2) is 9.53. The number of carbonyl (C=O) groups is 1. The average molecular weight is 368 g/mol. The molecule has 5 nitrogen and oxygen atoms in total. The Kier molecular flexibility index (Phi) is 7.11. The molecule has 0 radical (unpaired) electrons. The van der Waals surface area contributed by atoms with Crippen molar-refractivity contribution in [3.63, 3.8) is 0 Å². The lowest BCUT2D eigenvalue weighted by atomic mass is 10.1. The van der Waals surface area contributed by atoms with Crippen molar-refractivity contribution in [1.82, 2.24) is 4.98 Å². The number of pyridine rings is 1. The van der Waals surface area contributed by atoms with Gasteiger partial charge in [-0.3, -0.25) is 4.79 Å². The molecule has 3 heterocycles. The van der Waals surface area contributed by atoms with Gasteiger partial charge in [0.1, 0.15) is 5.82 Å². The molecule has 1 atom stereocenters. The SMILES string of the molecule is O=C(CCCCC1CCSS1)Nc1ccc(N2CCOCC2)nc1. The summed E-state index contributed by atoms with van der Waals surface area (Å²) in [6.07, 6.45) is 7.00. The van der Waals surface area contributed by atoms with Gasteiger partial charge in [-0.05, 0) is 31.4 Å². The fourth-order valence-electron chi connectivity index (χ4n) is 2.89. The number of amides is 1. The Morgan fingerprint density at radius 2 is 2.21 bits per heavy atom. The Labute approximate surface area is 151 Å². The van der Waals surface area contributed by atoms with E-state index in [4.69, 9.17) is 4.74 Å². The molecule has 7 heteroatoms. The summed E-state index contributed by atoms with van der Waals surface area (Å²) in [6, 6.07) is 3.90. The number of nitrogens with one attached hydrogen (secondary N) is 1. The van der Waals surface area contributed by atoms with Crippen LogP contribution in [0, 0.1) is 0 Å². The van der Waals surface area contributed by atoms with Gasteiger partial charge < -0.3 is 15.0 Å². The maximum absolute atomic E-state index is 12.0. The molecule has 3 rings (SSSR count). The van der Waals surface area contributed by atoms with Gasteiger partial charge in [-0.25, -0.2) is 4.98 Å². The first-order valence-corrected chi connectivity index (χ1v) is 11.1. The van der Waals surface area contributed by atoms with Crippen LogP contribution in [0.3, 0.4) is 0 Å². The van der Waals surface area contributed by atoms with Crippen molar-refractivity contribution in [2.24, 2.45) is 0 Å². The van der Waals surface area contributed by atoms with E-state index in [1.807, 2.05) is 33.7 Å². The molecule has 1 aromatic rings. The van der Waals surface area contributed by atoms with Crippen LogP contribution in [0.25, 0.3) is 0 Å². The summed E-state index contributed by atoms with van der Waals surface area (Å²) in [4.78, 5) is 18.7. The molecular formula is C17H25N3O2S2. The first kappa shape index (κ1) is 17.9. The van der Waals surface area contributed by atoms with Crippen molar-refractivity contribution in [1.29, 1.82) is 0 Å². The Morgan fingerprint density at radius 3 is 2.92 bits per heavy atom. The van der Waals surface area contributed by atoms with Gasteiger partial charge in [0.25, 0.3) is 0 Å². The topological polar surface area (TPSA) is 54.5 Å². The predicted octanol–water partition coefficient (Wildman–Crippen LogP) is 3.57. The van der Waals surface area contributed by atoms with Crippen LogP contribution in [0.1, 0.15) is 32.1 Å². The Morgan fingerprint density at radius 1 is 1.33 bits per heavy atom. The number of rotatable bonds is 7. The number of aromatic nitrogens is 1. The second-order valence-electron chi connectivity index (χ2n) is 6.13. The van der Waals surface area contributed by atoms with Crippen molar-refractivity contribution in [3.05, 3.63) is 18.3 Å². The summed E-state index contributed by atoms with van der Waals surface area (Å²) in [5, 5.41) is 3.75. The average Bonchev–Trinajstić information content (AvgIpc) is 3.14. The van der Waals surface area contributed by atoms with Crippen LogP contribution in [0.4, 0.5) is 11.5 Å². The molecule has 24 heavy (non-hydrogen) atoms. The predicted molar refractivity (Wildman–Crippen MR) is 103 cm³/mol. The van der Waals surface area contributed by atoms with E-state index in [1.165, 1.54) is 18.6 Å². The van der Waals surface area contributed by atoms with Crippen LogP contribution in [0.5, 0.6) is 0 Å². The first-order valence-electron chi connectivity index (χ1n) is 8.68. The number of unbranched alkanes of at least 4 members (excludes halogenated alkanes) is 1. The molecule has 2 saturated heterocycles. The van der Waals surface area contributed by atoms with E-state index < -0.39 is 0 Å². The quantitative estimate of drug-likeness (QED) is 0.587. The zero-order chi connectivity index (χ0) is 16.6. The summed E-state index contributed by atoms with van der Waals surface area (Å²) in [5.74, 6) is 2.32. The number of anilines is 2. The van der Waals surface area contributed by atoms with Crippen molar-refractivity contribution < 1.29 is 9.53 Å². The van der Waals surface area contributed by atoms with E-state index in [2.05, 4.69) is 15.2 Å². The summed E-state index contributed by atoms with van der Waals surface area (Å²) in [6.45, 7) is 3.24. The van der Waals surface area contributed by atoms with Gasteiger partial charge in [-0.2, -0.15) is 0 Å². The molecule has 0 saturated carbocycles. The number of ether oxygens (including phenoxy) is 1. The smallest absolute Gasteiger partial charge is 0.224 e. The summed E-state index contributed by atoms with van der Waals surface area (Å²) in [5.41, 5.74) is 0.778. The first-order chi connectivity index (χ1) is 11.8. The number of nitrogens with zero attached hydrogens (tertiary/aromatic N) is 2. The molecule has 1 amide bonds. The standard InChI is InChI=1S/C17H25N3O2S2/c21-17(4-2-1-3-15-7-12-23-24-15)19-14-5-6-16(18-13-14)20-8-10-22-11-9-20/h5-6,13,15H,1-4,7-12H2,(H,19,21). The van der Waals surface area contributed by atoms with Crippen LogP contribution in [0.2, 0.25) is 0 Å². The molecule has 1 unspecified atom stereocenters. The minimum atomic E-state index is 0.0874. The molecule has 1 N–H and O–H groups in total. The fraction of sp³-hybridized carbons (Fsp3) is 0.647. The molecule has 0 bridgehead atoms. The van der Waals surface area contributed by atoms with Crippen LogP contribution < -0.4 is 10.2 Å².